The Bertz CT molecular complexity index is 1300. The first kappa shape index (κ1) is 23.1. The Kier molecular flexibility index (Phi) is 6.98. The van der Waals surface area contributed by atoms with Gasteiger partial charge in [0, 0.05) is 11.3 Å². The summed E-state index contributed by atoms with van der Waals surface area (Å²) in [4.78, 5) is 25.0. The Morgan fingerprint density at radius 3 is 2.56 bits per heavy atom. The molecule has 2 aromatic carbocycles. The number of rotatable bonds is 7. The molecule has 1 aromatic heterocycles. The van der Waals surface area contributed by atoms with Crippen LogP contribution in [0.15, 0.2) is 70.2 Å². The quantitative estimate of drug-likeness (QED) is 0.515. The van der Waals surface area contributed by atoms with Gasteiger partial charge in [-0.3, -0.25) is 4.79 Å². The molecule has 1 heterocycles. The standard InChI is InChI=1S/C22H17ClN2O6S/c1-14(21(26)25-17-8-7-15(12-24)19(23)11-17)31-22(27)20-16(9-10-30-20)13-32(28,29)18-5-3-2-4-6-18/h2-11,14H,13H2,1H3,(H,25,26). The minimum atomic E-state index is -3.72. The first-order valence-corrected chi connectivity index (χ1v) is 11.3. The fourth-order valence-corrected chi connectivity index (χ4v) is 4.34. The number of carbonyl (C=O) groups is 2. The van der Waals surface area contributed by atoms with Crippen molar-refractivity contribution >= 4 is 39.0 Å². The number of esters is 1. The molecule has 164 valence electrons. The Labute approximate surface area is 189 Å². The SMILES string of the molecule is CC(OC(=O)c1occc1CS(=O)(=O)c1ccccc1)C(=O)Nc1ccc(C#N)c(Cl)c1. The second-order valence-corrected chi connectivity index (χ2v) is 9.09. The van der Waals surface area contributed by atoms with Crippen molar-refractivity contribution in [3.63, 3.8) is 0 Å². The Balaban J connectivity index is 1.67. The number of benzene rings is 2. The topological polar surface area (TPSA) is 126 Å². The van der Waals surface area contributed by atoms with Gasteiger partial charge in [-0.25, -0.2) is 13.2 Å². The van der Waals surface area contributed by atoms with Gasteiger partial charge in [0.2, 0.25) is 5.76 Å². The van der Waals surface area contributed by atoms with Crippen molar-refractivity contribution in [2.75, 3.05) is 5.32 Å². The summed E-state index contributed by atoms with van der Waals surface area (Å²) in [5.74, 6) is -2.40. The van der Waals surface area contributed by atoms with Gasteiger partial charge < -0.3 is 14.5 Å². The highest BCUT2D eigenvalue weighted by atomic mass is 35.5. The van der Waals surface area contributed by atoms with Gasteiger partial charge in [0.1, 0.15) is 6.07 Å². The maximum absolute atomic E-state index is 12.6. The summed E-state index contributed by atoms with van der Waals surface area (Å²) in [6, 6.07) is 15.4. The molecule has 0 aliphatic heterocycles. The first-order chi connectivity index (χ1) is 15.2. The predicted octanol–water partition coefficient (Wildman–Crippen LogP) is 3.96. The van der Waals surface area contributed by atoms with Gasteiger partial charge in [0.15, 0.2) is 15.9 Å². The molecular weight excluding hydrogens is 456 g/mol. The van der Waals surface area contributed by atoms with Crippen LogP contribution in [0.25, 0.3) is 0 Å². The van der Waals surface area contributed by atoms with Gasteiger partial charge in [-0.1, -0.05) is 29.8 Å². The molecule has 3 rings (SSSR count). The number of hydrogen-bond donors (Lipinski definition) is 1. The molecule has 32 heavy (non-hydrogen) atoms. The smallest absolute Gasteiger partial charge is 0.375 e. The van der Waals surface area contributed by atoms with Crippen LogP contribution in [0, 0.1) is 11.3 Å². The van der Waals surface area contributed by atoms with Gasteiger partial charge in [-0.05, 0) is 43.3 Å². The molecule has 8 nitrogen and oxygen atoms in total. The molecule has 10 heteroatoms. The van der Waals surface area contributed by atoms with E-state index in [4.69, 9.17) is 26.0 Å². The highest BCUT2D eigenvalue weighted by Gasteiger charge is 2.26. The van der Waals surface area contributed by atoms with Gasteiger partial charge in [0.25, 0.3) is 5.91 Å². The van der Waals surface area contributed by atoms with Crippen LogP contribution < -0.4 is 5.32 Å². The van der Waals surface area contributed by atoms with E-state index in [9.17, 15) is 18.0 Å². The van der Waals surface area contributed by atoms with E-state index in [0.717, 1.165) is 0 Å². The summed E-state index contributed by atoms with van der Waals surface area (Å²) in [6.07, 6.45) is -0.0452. The molecule has 0 fully saturated rings. The average molecular weight is 473 g/mol. The zero-order valence-electron chi connectivity index (χ0n) is 16.7. The molecule has 3 aromatic rings. The number of anilines is 1. The van der Waals surface area contributed by atoms with Crippen LogP contribution in [0.4, 0.5) is 5.69 Å². The number of nitrogens with one attached hydrogen (secondary N) is 1. The van der Waals surface area contributed by atoms with E-state index in [1.807, 2.05) is 6.07 Å². The van der Waals surface area contributed by atoms with Gasteiger partial charge in [-0.2, -0.15) is 5.26 Å². The highest BCUT2D eigenvalue weighted by molar-refractivity contribution is 7.90. The number of carbonyl (C=O) groups excluding carboxylic acids is 2. The van der Waals surface area contributed by atoms with Crippen LogP contribution in [-0.4, -0.2) is 26.4 Å². The number of furan rings is 1. The summed E-state index contributed by atoms with van der Waals surface area (Å²) in [6.45, 7) is 1.35. The second-order valence-electron chi connectivity index (χ2n) is 6.69. The van der Waals surface area contributed by atoms with Gasteiger partial charge >= 0.3 is 5.97 Å². The van der Waals surface area contributed by atoms with Crippen molar-refractivity contribution in [2.45, 2.75) is 23.7 Å². The van der Waals surface area contributed by atoms with E-state index < -0.39 is 33.6 Å². The van der Waals surface area contributed by atoms with E-state index in [2.05, 4.69) is 5.32 Å². The number of nitriles is 1. The summed E-state index contributed by atoms with van der Waals surface area (Å²) in [5, 5.41) is 11.6. The molecule has 1 N–H and O–H groups in total. The molecule has 0 bridgehead atoms. The van der Waals surface area contributed by atoms with E-state index in [1.54, 1.807) is 18.2 Å². The Morgan fingerprint density at radius 2 is 1.91 bits per heavy atom. The highest BCUT2D eigenvalue weighted by Crippen LogP contribution is 2.22. The van der Waals surface area contributed by atoms with E-state index >= 15 is 0 Å². The van der Waals surface area contributed by atoms with Crippen molar-refractivity contribution in [2.24, 2.45) is 0 Å². The fraction of sp³-hybridized carbons (Fsp3) is 0.136. The lowest BCUT2D eigenvalue weighted by molar-refractivity contribution is -0.123. The molecule has 0 radical (unpaired) electrons. The van der Waals surface area contributed by atoms with Crippen LogP contribution in [0.1, 0.15) is 28.6 Å². The second kappa shape index (κ2) is 9.68. The third kappa shape index (κ3) is 5.35. The minimum Gasteiger partial charge on any atom is -0.457 e. The summed E-state index contributed by atoms with van der Waals surface area (Å²) < 4.78 is 35.5. The number of hydrogen-bond acceptors (Lipinski definition) is 7. The van der Waals surface area contributed by atoms with E-state index in [-0.39, 0.29) is 26.8 Å². The fourth-order valence-electron chi connectivity index (χ4n) is 2.74. The molecule has 0 spiro atoms. The predicted molar refractivity (Wildman–Crippen MR) is 116 cm³/mol. The zero-order chi connectivity index (χ0) is 23.3. The van der Waals surface area contributed by atoms with Crippen molar-refractivity contribution in [1.29, 1.82) is 5.26 Å². The molecule has 1 amide bonds. The molecule has 0 aliphatic rings. The summed E-state index contributed by atoms with van der Waals surface area (Å²) in [7, 11) is -3.72. The minimum absolute atomic E-state index is 0.106. The molecular formula is C22H17ClN2O6S. The average Bonchev–Trinajstić information content (AvgIpc) is 3.22. The van der Waals surface area contributed by atoms with Crippen molar-refractivity contribution < 1.29 is 27.2 Å². The van der Waals surface area contributed by atoms with Crippen LogP contribution in [-0.2, 0) is 25.1 Å². The summed E-state index contributed by atoms with van der Waals surface area (Å²) in [5.41, 5.74) is 0.680. The monoisotopic (exact) mass is 472 g/mol. The molecule has 0 aliphatic carbocycles. The third-order valence-corrected chi connectivity index (χ3v) is 6.38. The van der Waals surface area contributed by atoms with Crippen molar-refractivity contribution in [3.05, 3.63) is 82.8 Å². The van der Waals surface area contributed by atoms with E-state index in [0.29, 0.717) is 5.69 Å². The van der Waals surface area contributed by atoms with Crippen molar-refractivity contribution in [1.82, 2.24) is 0 Å². The number of halogens is 1. The largest absolute Gasteiger partial charge is 0.457 e. The number of ether oxygens (including phenoxy) is 1. The first-order valence-electron chi connectivity index (χ1n) is 9.27. The van der Waals surface area contributed by atoms with E-state index in [1.165, 1.54) is 49.6 Å². The van der Waals surface area contributed by atoms with Crippen LogP contribution in [0.5, 0.6) is 0 Å². The number of sulfone groups is 1. The third-order valence-electron chi connectivity index (χ3n) is 4.39. The van der Waals surface area contributed by atoms with Crippen LogP contribution >= 0.6 is 11.6 Å². The lowest BCUT2D eigenvalue weighted by atomic mass is 10.2. The maximum Gasteiger partial charge on any atom is 0.375 e. The number of nitrogens with zero attached hydrogens (tertiary/aromatic N) is 1. The lowest BCUT2D eigenvalue weighted by Crippen LogP contribution is -2.30. The molecule has 0 saturated heterocycles. The Morgan fingerprint density at radius 1 is 1.19 bits per heavy atom. The molecule has 1 atom stereocenters. The molecule has 1 unspecified atom stereocenters. The summed E-state index contributed by atoms with van der Waals surface area (Å²) >= 11 is 5.94. The van der Waals surface area contributed by atoms with Crippen LogP contribution in [0.2, 0.25) is 5.02 Å². The normalized spacial score (nSPS) is 11.9. The lowest BCUT2D eigenvalue weighted by Gasteiger charge is -2.13. The van der Waals surface area contributed by atoms with Crippen LogP contribution in [0.3, 0.4) is 0 Å². The molecule has 0 saturated carbocycles. The zero-order valence-corrected chi connectivity index (χ0v) is 18.3. The van der Waals surface area contributed by atoms with Gasteiger partial charge in [-0.15, -0.1) is 0 Å². The van der Waals surface area contributed by atoms with Gasteiger partial charge in [0.05, 0.1) is 27.5 Å². The maximum atomic E-state index is 12.6. The Hall–Kier alpha value is -3.61. The van der Waals surface area contributed by atoms with Crippen molar-refractivity contribution in [3.8, 4) is 6.07 Å². The number of amides is 1.